The normalized spacial score (nSPS) is 10.5. The first-order valence-electron chi connectivity index (χ1n) is 5.99. The molecule has 19 heavy (non-hydrogen) atoms. The predicted octanol–water partition coefficient (Wildman–Crippen LogP) is 3.75. The van der Waals surface area contributed by atoms with Gasteiger partial charge in [-0.15, -0.1) is 0 Å². The molecule has 0 bridgehead atoms. The highest BCUT2D eigenvalue weighted by Crippen LogP contribution is 2.21. The predicted molar refractivity (Wildman–Crippen MR) is 74.9 cm³/mol. The maximum absolute atomic E-state index is 12.3. The summed E-state index contributed by atoms with van der Waals surface area (Å²) in [6, 6.07) is 8.69. The lowest BCUT2D eigenvalue weighted by atomic mass is 10.0. The number of hydrogen-bond acceptors (Lipinski definition) is 3. The van der Waals surface area contributed by atoms with Crippen LogP contribution in [0.4, 0.5) is 0 Å². The maximum atomic E-state index is 12.3. The van der Waals surface area contributed by atoms with E-state index in [1.165, 1.54) is 6.20 Å². The fraction of sp³-hybridized carbons (Fsp3) is 0.200. The molecule has 0 N–H and O–H groups in total. The van der Waals surface area contributed by atoms with E-state index in [1.54, 1.807) is 30.5 Å². The average Bonchev–Trinajstić information content (AvgIpc) is 2.38. The van der Waals surface area contributed by atoms with Crippen LogP contribution in [0.2, 0.25) is 5.02 Å². The quantitative estimate of drug-likeness (QED) is 0.798. The van der Waals surface area contributed by atoms with Crippen LogP contribution in [-0.4, -0.2) is 16.9 Å². The molecule has 0 radical (unpaired) electrons. The Labute approximate surface area is 117 Å². The number of pyridine rings is 1. The van der Waals surface area contributed by atoms with Crippen LogP contribution in [0.3, 0.4) is 0 Å². The van der Waals surface area contributed by atoms with Crippen LogP contribution in [0, 0.1) is 0 Å². The van der Waals surface area contributed by atoms with Crippen molar-refractivity contribution in [3.63, 3.8) is 0 Å². The fourth-order valence-electron chi connectivity index (χ4n) is 1.70. The van der Waals surface area contributed by atoms with Gasteiger partial charge in [0.25, 0.3) is 0 Å². The van der Waals surface area contributed by atoms with Crippen molar-refractivity contribution in [3.8, 4) is 5.75 Å². The summed E-state index contributed by atoms with van der Waals surface area (Å²) in [4.78, 5) is 16.2. The number of hydrogen-bond donors (Lipinski definition) is 0. The topological polar surface area (TPSA) is 39.2 Å². The van der Waals surface area contributed by atoms with E-state index in [0.29, 0.717) is 21.9 Å². The summed E-state index contributed by atoms with van der Waals surface area (Å²) in [5.74, 6) is 0.535. The van der Waals surface area contributed by atoms with E-state index < -0.39 is 0 Å². The minimum Gasteiger partial charge on any atom is -0.491 e. The van der Waals surface area contributed by atoms with Crippen molar-refractivity contribution >= 4 is 17.4 Å². The van der Waals surface area contributed by atoms with E-state index in [2.05, 4.69) is 4.98 Å². The number of carbonyl (C=O) groups excluding carboxylic acids is 1. The largest absolute Gasteiger partial charge is 0.491 e. The van der Waals surface area contributed by atoms with Crippen LogP contribution in [0.25, 0.3) is 0 Å². The van der Waals surface area contributed by atoms with Crippen LogP contribution >= 0.6 is 11.6 Å². The van der Waals surface area contributed by atoms with E-state index in [9.17, 15) is 4.79 Å². The van der Waals surface area contributed by atoms with Crippen molar-refractivity contribution in [2.24, 2.45) is 0 Å². The molecule has 0 amide bonds. The Morgan fingerprint density at radius 3 is 2.79 bits per heavy atom. The number of carbonyl (C=O) groups is 1. The van der Waals surface area contributed by atoms with Crippen molar-refractivity contribution in [2.75, 3.05) is 0 Å². The van der Waals surface area contributed by atoms with Gasteiger partial charge in [0.15, 0.2) is 5.78 Å². The Kier molecular flexibility index (Phi) is 4.17. The molecule has 0 saturated carbocycles. The van der Waals surface area contributed by atoms with Gasteiger partial charge in [0.05, 0.1) is 11.1 Å². The number of aromatic nitrogens is 1. The van der Waals surface area contributed by atoms with Gasteiger partial charge in [0.1, 0.15) is 5.75 Å². The number of nitrogens with zero attached hydrogens (tertiary/aromatic N) is 1. The van der Waals surface area contributed by atoms with Gasteiger partial charge in [0, 0.05) is 23.5 Å². The summed E-state index contributed by atoms with van der Waals surface area (Å²) in [6.07, 6.45) is 3.08. The Morgan fingerprint density at radius 2 is 2.11 bits per heavy atom. The lowest BCUT2D eigenvalue weighted by Crippen LogP contribution is -2.07. The molecule has 0 aliphatic heterocycles. The standard InChI is InChI=1S/C15H14ClNO2/c1-10(2)19-12-5-3-4-11(8-12)15(18)13-6-7-17-9-14(13)16/h3-10H,1-2H3. The molecule has 0 spiro atoms. The highest BCUT2D eigenvalue weighted by atomic mass is 35.5. The molecule has 1 aromatic carbocycles. The van der Waals surface area contributed by atoms with Crippen LogP contribution in [0.1, 0.15) is 29.8 Å². The van der Waals surface area contributed by atoms with Gasteiger partial charge < -0.3 is 4.74 Å². The molecular formula is C15H14ClNO2. The van der Waals surface area contributed by atoms with Gasteiger partial charge in [-0.05, 0) is 32.0 Å². The SMILES string of the molecule is CC(C)Oc1cccc(C(=O)c2ccncc2Cl)c1. The smallest absolute Gasteiger partial charge is 0.194 e. The summed E-state index contributed by atoms with van der Waals surface area (Å²) >= 11 is 5.98. The van der Waals surface area contributed by atoms with Gasteiger partial charge >= 0.3 is 0 Å². The number of benzene rings is 1. The van der Waals surface area contributed by atoms with Crippen molar-refractivity contribution in [1.82, 2.24) is 4.98 Å². The molecule has 2 aromatic rings. The molecule has 0 unspecified atom stereocenters. The van der Waals surface area contributed by atoms with Gasteiger partial charge in [-0.25, -0.2) is 0 Å². The molecule has 3 nitrogen and oxygen atoms in total. The highest BCUT2D eigenvalue weighted by molar-refractivity contribution is 6.34. The molecular weight excluding hydrogens is 262 g/mol. The third-order valence-electron chi connectivity index (χ3n) is 2.49. The summed E-state index contributed by atoms with van der Waals surface area (Å²) in [5, 5.41) is 0.350. The second-order valence-corrected chi connectivity index (χ2v) is 4.79. The molecule has 0 fully saturated rings. The maximum Gasteiger partial charge on any atom is 0.194 e. The second kappa shape index (κ2) is 5.85. The van der Waals surface area contributed by atoms with E-state index >= 15 is 0 Å². The molecule has 1 aromatic heterocycles. The monoisotopic (exact) mass is 275 g/mol. The molecule has 0 atom stereocenters. The first-order chi connectivity index (χ1) is 9.08. The van der Waals surface area contributed by atoms with Crippen LogP contribution in [0.5, 0.6) is 5.75 Å². The molecule has 0 aliphatic rings. The Hall–Kier alpha value is -1.87. The van der Waals surface area contributed by atoms with Crippen LogP contribution < -0.4 is 4.74 Å². The Morgan fingerprint density at radius 1 is 1.32 bits per heavy atom. The number of ether oxygens (including phenoxy) is 1. The number of rotatable bonds is 4. The summed E-state index contributed by atoms with van der Waals surface area (Å²) in [5.41, 5.74) is 0.990. The van der Waals surface area contributed by atoms with Gasteiger partial charge in [0.2, 0.25) is 0 Å². The first kappa shape index (κ1) is 13.6. The van der Waals surface area contributed by atoms with Crippen molar-refractivity contribution in [1.29, 1.82) is 0 Å². The minimum atomic E-state index is -0.137. The molecule has 2 rings (SSSR count). The zero-order chi connectivity index (χ0) is 13.8. The molecule has 1 heterocycles. The van der Waals surface area contributed by atoms with Crippen molar-refractivity contribution in [3.05, 3.63) is 58.9 Å². The van der Waals surface area contributed by atoms with Crippen LogP contribution in [-0.2, 0) is 0 Å². The van der Waals surface area contributed by atoms with Crippen LogP contribution in [0.15, 0.2) is 42.7 Å². The zero-order valence-electron chi connectivity index (χ0n) is 10.8. The van der Waals surface area contributed by atoms with E-state index in [0.717, 1.165) is 0 Å². The minimum absolute atomic E-state index is 0.0647. The van der Waals surface area contributed by atoms with Crippen molar-refractivity contribution < 1.29 is 9.53 Å². The van der Waals surface area contributed by atoms with E-state index in [1.807, 2.05) is 19.9 Å². The van der Waals surface area contributed by atoms with Crippen molar-refractivity contribution in [2.45, 2.75) is 20.0 Å². The molecule has 0 saturated heterocycles. The third-order valence-corrected chi connectivity index (χ3v) is 2.79. The zero-order valence-corrected chi connectivity index (χ0v) is 11.5. The lowest BCUT2D eigenvalue weighted by molar-refractivity contribution is 0.103. The number of ketones is 1. The Bertz CT molecular complexity index is 596. The molecule has 98 valence electrons. The Balaban J connectivity index is 2.32. The van der Waals surface area contributed by atoms with Gasteiger partial charge in [-0.1, -0.05) is 23.7 Å². The summed E-state index contributed by atoms with van der Waals surface area (Å²) < 4.78 is 5.57. The lowest BCUT2D eigenvalue weighted by Gasteiger charge is -2.10. The second-order valence-electron chi connectivity index (χ2n) is 4.38. The molecule has 0 aliphatic carbocycles. The number of halogens is 1. The summed E-state index contributed by atoms with van der Waals surface area (Å²) in [6.45, 7) is 3.88. The molecule has 4 heteroatoms. The average molecular weight is 276 g/mol. The van der Waals surface area contributed by atoms with Gasteiger partial charge in [-0.3, -0.25) is 9.78 Å². The highest BCUT2D eigenvalue weighted by Gasteiger charge is 2.13. The fourth-order valence-corrected chi connectivity index (χ4v) is 1.90. The van der Waals surface area contributed by atoms with E-state index in [-0.39, 0.29) is 11.9 Å². The summed E-state index contributed by atoms with van der Waals surface area (Å²) in [7, 11) is 0. The third kappa shape index (κ3) is 3.32. The van der Waals surface area contributed by atoms with E-state index in [4.69, 9.17) is 16.3 Å². The first-order valence-corrected chi connectivity index (χ1v) is 6.36. The van der Waals surface area contributed by atoms with Gasteiger partial charge in [-0.2, -0.15) is 0 Å².